The van der Waals surface area contributed by atoms with Gasteiger partial charge in [0.15, 0.2) is 0 Å². The third-order valence-corrected chi connectivity index (χ3v) is 2.76. The summed E-state index contributed by atoms with van der Waals surface area (Å²) in [6, 6.07) is 7.07. The number of aromatic amines is 1. The van der Waals surface area contributed by atoms with E-state index in [1.165, 1.54) is 6.08 Å². The minimum absolute atomic E-state index is 0.00471. The number of nitrogens with one attached hydrogen (secondary N) is 1. The topological polar surface area (TPSA) is 118 Å². The van der Waals surface area contributed by atoms with E-state index in [1.54, 1.807) is 36.4 Å². The molecule has 8 heteroatoms. The molecule has 0 aliphatic carbocycles. The first-order chi connectivity index (χ1) is 11.0. The third kappa shape index (κ3) is 4.03. The molecule has 0 bridgehead atoms. The van der Waals surface area contributed by atoms with Gasteiger partial charge in [-0.15, -0.1) is 0 Å². The van der Waals surface area contributed by atoms with E-state index < -0.39 is 22.0 Å². The van der Waals surface area contributed by atoms with Crippen molar-refractivity contribution in [2.45, 2.75) is 0 Å². The van der Waals surface area contributed by atoms with Crippen LogP contribution in [0.25, 0.3) is 12.2 Å². The zero-order valence-corrected chi connectivity index (χ0v) is 11.9. The second-order valence-corrected chi connectivity index (χ2v) is 4.38. The molecule has 2 N–H and O–H groups in total. The molecule has 0 saturated heterocycles. The highest BCUT2D eigenvalue weighted by Gasteiger charge is 2.21. The fraction of sp³-hybridized carbons (Fsp3) is 0.0667. The lowest BCUT2D eigenvalue weighted by Gasteiger charge is -2.02. The van der Waals surface area contributed by atoms with Gasteiger partial charge in [-0.25, -0.2) is 0 Å². The number of nitrogens with zero attached hydrogens (tertiary/aromatic N) is 2. The molecule has 1 heterocycles. The zero-order valence-electron chi connectivity index (χ0n) is 11.9. The van der Waals surface area contributed by atoms with Crippen LogP contribution < -0.4 is 10.3 Å². The summed E-state index contributed by atoms with van der Waals surface area (Å²) in [4.78, 5) is 26.9. The van der Waals surface area contributed by atoms with Crippen molar-refractivity contribution < 1.29 is 14.8 Å². The molecule has 0 saturated carbocycles. The lowest BCUT2D eigenvalue weighted by atomic mass is 10.2. The van der Waals surface area contributed by atoms with Crippen molar-refractivity contribution in [1.82, 2.24) is 9.97 Å². The standard InChI is InChI=1S/C15H13N3O5/c1-2-9-23-11-6-3-10(4-7-11)5-8-12-16-14(19)13(18(21)22)15(20)17-12/h2-8H,1,9H2,(H2,16,17,19,20). The summed E-state index contributed by atoms with van der Waals surface area (Å²) in [5.41, 5.74) is -1.21. The SMILES string of the molecule is C=CCOc1ccc(C=Cc2nc(O)c([N+](=O)[O-])c(=O)[nH]2)cc1. The van der Waals surface area contributed by atoms with E-state index in [9.17, 15) is 20.0 Å². The number of hydrogen-bond donors (Lipinski definition) is 2. The van der Waals surface area contributed by atoms with E-state index >= 15 is 0 Å². The minimum Gasteiger partial charge on any atom is -0.490 e. The Morgan fingerprint density at radius 3 is 2.61 bits per heavy atom. The molecule has 0 atom stereocenters. The molecule has 0 aliphatic rings. The van der Waals surface area contributed by atoms with Crippen molar-refractivity contribution in [2.75, 3.05) is 6.61 Å². The summed E-state index contributed by atoms with van der Waals surface area (Å²) in [5.74, 6) is -0.238. The monoisotopic (exact) mass is 315 g/mol. The molecule has 1 aromatic heterocycles. The number of ether oxygens (including phenoxy) is 1. The third-order valence-electron chi connectivity index (χ3n) is 2.76. The van der Waals surface area contributed by atoms with Crippen LogP contribution in [0.1, 0.15) is 11.4 Å². The van der Waals surface area contributed by atoms with Gasteiger partial charge in [0.2, 0.25) is 0 Å². The van der Waals surface area contributed by atoms with Crippen molar-refractivity contribution in [2.24, 2.45) is 0 Å². The highest BCUT2D eigenvalue weighted by atomic mass is 16.6. The van der Waals surface area contributed by atoms with Gasteiger partial charge in [-0.1, -0.05) is 30.9 Å². The van der Waals surface area contributed by atoms with E-state index in [2.05, 4.69) is 16.5 Å². The molecule has 118 valence electrons. The van der Waals surface area contributed by atoms with Crippen LogP contribution in [0.2, 0.25) is 0 Å². The Morgan fingerprint density at radius 2 is 2.04 bits per heavy atom. The molecule has 0 spiro atoms. The zero-order chi connectivity index (χ0) is 16.8. The minimum atomic E-state index is -1.02. The Bertz CT molecular complexity index is 809. The maximum absolute atomic E-state index is 11.5. The second kappa shape index (κ2) is 7.03. The fourth-order valence-electron chi connectivity index (χ4n) is 1.72. The van der Waals surface area contributed by atoms with Crippen molar-refractivity contribution in [3.63, 3.8) is 0 Å². The van der Waals surface area contributed by atoms with E-state index in [0.29, 0.717) is 12.4 Å². The molecule has 0 aliphatic heterocycles. The first-order valence-electron chi connectivity index (χ1n) is 6.51. The predicted molar refractivity (Wildman–Crippen MR) is 84.2 cm³/mol. The van der Waals surface area contributed by atoms with Crippen LogP contribution in [-0.2, 0) is 0 Å². The van der Waals surface area contributed by atoms with Crippen molar-refractivity contribution >= 4 is 17.8 Å². The van der Waals surface area contributed by atoms with Crippen LogP contribution in [0.5, 0.6) is 11.6 Å². The molecular weight excluding hydrogens is 302 g/mol. The van der Waals surface area contributed by atoms with Crippen LogP contribution in [0.3, 0.4) is 0 Å². The first kappa shape index (κ1) is 16.0. The number of rotatable bonds is 6. The van der Waals surface area contributed by atoms with Crippen LogP contribution >= 0.6 is 0 Å². The Hall–Kier alpha value is -3.42. The molecule has 0 fully saturated rings. The largest absolute Gasteiger partial charge is 0.490 e. The normalized spacial score (nSPS) is 10.6. The van der Waals surface area contributed by atoms with E-state index in [0.717, 1.165) is 5.56 Å². The number of aromatic nitrogens is 2. The van der Waals surface area contributed by atoms with Gasteiger partial charge in [-0.3, -0.25) is 14.9 Å². The van der Waals surface area contributed by atoms with E-state index in [4.69, 9.17) is 4.74 Å². The highest BCUT2D eigenvalue weighted by Crippen LogP contribution is 2.18. The highest BCUT2D eigenvalue weighted by molar-refractivity contribution is 5.67. The molecule has 1 aromatic carbocycles. The first-order valence-corrected chi connectivity index (χ1v) is 6.51. The number of benzene rings is 1. The van der Waals surface area contributed by atoms with Gasteiger partial charge in [0, 0.05) is 0 Å². The summed E-state index contributed by atoms with van der Waals surface area (Å²) < 4.78 is 5.34. The Balaban J connectivity index is 2.18. The smallest absolute Gasteiger partial charge is 0.395 e. The van der Waals surface area contributed by atoms with Crippen LogP contribution in [0, 0.1) is 10.1 Å². The number of hydrogen-bond acceptors (Lipinski definition) is 6. The van der Waals surface area contributed by atoms with Crippen molar-refractivity contribution in [3.8, 4) is 11.6 Å². The van der Waals surface area contributed by atoms with Gasteiger partial charge in [-0.2, -0.15) is 4.98 Å². The lowest BCUT2D eigenvalue weighted by molar-refractivity contribution is -0.387. The summed E-state index contributed by atoms with van der Waals surface area (Å²) in [5, 5.41) is 20.0. The van der Waals surface area contributed by atoms with Gasteiger partial charge in [-0.05, 0) is 23.8 Å². The fourth-order valence-corrected chi connectivity index (χ4v) is 1.72. The van der Waals surface area contributed by atoms with Gasteiger partial charge < -0.3 is 14.8 Å². The van der Waals surface area contributed by atoms with Crippen molar-refractivity contribution in [3.05, 3.63) is 68.8 Å². The Labute approximate surface area is 130 Å². The predicted octanol–water partition coefficient (Wildman–Crippen LogP) is 2.12. The van der Waals surface area contributed by atoms with Crippen LogP contribution in [0.4, 0.5) is 5.69 Å². The van der Waals surface area contributed by atoms with Crippen LogP contribution in [-0.4, -0.2) is 26.6 Å². The quantitative estimate of drug-likeness (QED) is 0.479. The molecule has 0 unspecified atom stereocenters. The maximum atomic E-state index is 11.5. The lowest BCUT2D eigenvalue weighted by Crippen LogP contribution is -2.14. The number of nitro groups is 1. The summed E-state index contributed by atoms with van der Waals surface area (Å²) in [7, 11) is 0. The van der Waals surface area contributed by atoms with Gasteiger partial charge in [0.1, 0.15) is 18.2 Å². The number of aromatic hydroxyl groups is 1. The van der Waals surface area contributed by atoms with Crippen LogP contribution in [0.15, 0.2) is 41.7 Å². The molecule has 0 radical (unpaired) electrons. The van der Waals surface area contributed by atoms with Gasteiger partial charge in [0.25, 0.3) is 5.88 Å². The van der Waals surface area contributed by atoms with E-state index in [-0.39, 0.29) is 5.82 Å². The summed E-state index contributed by atoms with van der Waals surface area (Å²) >= 11 is 0. The average molecular weight is 315 g/mol. The molecule has 8 nitrogen and oxygen atoms in total. The molecular formula is C15H13N3O5. The average Bonchev–Trinajstić information content (AvgIpc) is 2.51. The second-order valence-electron chi connectivity index (χ2n) is 4.38. The van der Waals surface area contributed by atoms with Gasteiger partial charge in [0.05, 0.1) is 4.92 Å². The maximum Gasteiger partial charge on any atom is 0.395 e. The molecule has 23 heavy (non-hydrogen) atoms. The van der Waals surface area contributed by atoms with Gasteiger partial charge >= 0.3 is 11.2 Å². The molecule has 2 aromatic rings. The summed E-state index contributed by atoms with van der Waals surface area (Å²) in [6.45, 7) is 3.96. The molecule has 2 rings (SSSR count). The Kier molecular flexibility index (Phi) is 4.88. The van der Waals surface area contributed by atoms with E-state index in [1.807, 2.05) is 0 Å². The molecule has 0 amide bonds. The summed E-state index contributed by atoms with van der Waals surface area (Å²) in [6.07, 6.45) is 4.68. The Morgan fingerprint density at radius 1 is 1.35 bits per heavy atom. The number of H-pyrrole nitrogens is 1. The van der Waals surface area contributed by atoms with Crippen molar-refractivity contribution in [1.29, 1.82) is 0 Å².